The zero-order valence-electron chi connectivity index (χ0n) is 17.0. The van der Waals surface area contributed by atoms with Crippen LogP contribution < -0.4 is 14.8 Å². The van der Waals surface area contributed by atoms with E-state index in [4.69, 9.17) is 26.4 Å². The maximum absolute atomic E-state index is 13.6. The van der Waals surface area contributed by atoms with Crippen molar-refractivity contribution in [1.82, 2.24) is 10.2 Å². The molecule has 0 aromatic heterocycles. The molecule has 2 aliphatic heterocycles. The summed E-state index contributed by atoms with van der Waals surface area (Å²) in [5.74, 6) is 2.00. The molecule has 3 aliphatic rings. The summed E-state index contributed by atoms with van der Waals surface area (Å²) in [6.07, 6.45) is 3.23. The number of methoxy groups -OCH3 is 1. The summed E-state index contributed by atoms with van der Waals surface area (Å²) < 4.78 is 18.2. The van der Waals surface area contributed by atoms with Crippen LogP contribution in [-0.4, -0.2) is 41.8 Å². The molecule has 2 heterocycles. The molecule has 1 amide bonds. The van der Waals surface area contributed by atoms with Crippen molar-refractivity contribution in [2.45, 2.75) is 42.9 Å². The Bertz CT molecular complexity index is 1000. The fourth-order valence-corrected chi connectivity index (χ4v) is 5.25. The molecule has 2 spiro atoms. The standard InChI is InChI=1S/C23H24N2O4S/c1-25-20(26)23(24-21(25)30)18-14-17(28-16-6-4-3-5-7-16)8-9-19(18)29-22(23)12-10-15(27-2)11-13-22/h3-9,14-15H,10-13H2,1-2H3,(H,24,30). The highest BCUT2D eigenvalue weighted by Gasteiger charge is 2.69. The molecule has 1 saturated heterocycles. The molecular formula is C23H24N2O4S. The fraction of sp³-hybridized carbons (Fsp3) is 0.391. The van der Waals surface area contributed by atoms with E-state index < -0.39 is 11.1 Å². The number of fused-ring (bicyclic) bond motifs is 3. The monoisotopic (exact) mass is 424 g/mol. The summed E-state index contributed by atoms with van der Waals surface area (Å²) in [5, 5.41) is 3.77. The highest BCUT2D eigenvalue weighted by Crippen LogP contribution is 2.57. The Labute approximate surface area is 181 Å². The number of ether oxygens (including phenoxy) is 3. The van der Waals surface area contributed by atoms with Crippen LogP contribution >= 0.6 is 12.2 Å². The second kappa shape index (κ2) is 6.96. The molecule has 30 heavy (non-hydrogen) atoms. The molecule has 0 bridgehead atoms. The topological polar surface area (TPSA) is 60.0 Å². The molecule has 7 heteroatoms. The van der Waals surface area contributed by atoms with Gasteiger partial charge in [0.15, 0.2) is 10.7 Å². The van der Waals surface area contributed by atoms with Crippen LogP contribution in [0.1, 0.15) is 31.2 Å². The molecule has 1 atom stereocenters. The van der Waals surface area contributed by atoms with Crippen molar-refractivity contribution in [3.8, 4) is 17.2 Å². The number of rotatable bonds is 3. The maximum atomic E-state index is 13.6. The van der Waals surface area contributed by atoms with Gasteiger partial charge in [-0.2, -0.15) is 0 Å². The van der Waals surface area contributed by atoms with Crippen LogP contribution in [0.4, 0.5) is 0 Å². The maximum Gasteiger partial charge on any atom is 0.263 e. The predicted octanol–water partition coefficient (Wildman–Crippen LogP) is 3.74. The van der Waals surface area contributed by atoms with Crippen LogP contribution in [0.3, 0.4) is 0 Å². The number of thiocarbonyl (C=S) groups is 1. The van der Waals surface area contributed by atoms with E-state index in [-0.39, 0.29) is 12.0 Å². The van der Waals surface area contributed by atoms with Gasteiger partial charge in [-0.05, 0) is 68.2 Å². The van der Waals surface area contributed by atoms with Crippen LogP contribution in [-0.2, 0) is 15.1 Å². The third-order valence-electron chi connectivity index (χ3n) is 6.62. The van der Waals surface area contributed by atoms with Gasteiger partial charge in [0.25, 0.3) is 5.91 Å². The van der Waals surface area contributed by atoms with Crippen LogP contribution in [0.15, 0.2) is 48.5 Å². The van der Waals surface area contributed by atoms with E-state index in [2.05, 4.69) is 5.32 Å². The molecule has 1 saturated carbocycles. The number of benzene rings is 2. The first-order valence-electron chi connectivity index (χ1n) is 10.2. The summed E-state index contributed by atoms with van der Waals surface area (Å²) in [5.41, 5.74) is -0.978. The molecule has 6 nitrogen and oxygen atoms in total. The molecule has 1 N–H and O–H groups in total. The van der Waals surface area contributed by atoms with Gasteiger partial charge in [-0.1, -0.05) is 18.2 Å². The zero-order chi connectivity index (χ0) is 20.9. The summed E-state index contributed by atoms with van der Waals surface area (Å²) >= 11 is 5.48. The van der Waals surface area contributed by atoms with E-state index in [1.165, 1.54) is 4.90 Å². The summed E-state index contributed by atoms with van der Waals surface area (Å²) in [6.45, 7) is 0. The lowest BCUT2D eigenvalue weighted by Crippen LogP contribution is -2.62. The number of hydrogen-bond donors (Lipinski definition) is 1. The van der Waals surface area contributed by atoms with Gasteiger partial charge < -0.3 is 19.5 Å². The van der Waals surface area contributed by atoms with E-state index in [9.17, 15) is 4.79 Å². The average molecular weight is 425 g/mol. The van der Waals surface area contributed by atoms with E-state index in [0.29, 0.717) is 29.5 Å². The zero-order valence-corrected chi connectivity index (χ0v) is 17.8. The Kier molecular flexibility index (Phi) is 4.48. The molecule has 2 fully saturated rings. The van der Waals surface area contributed by atoms with E-state index >= 15 is 0 Å². The van der Waals surface area contributed by atoms with Gasteiger partial charge >= 0.3 is 0 Å². The summed E-state index contributed by atoms with van der Waals surface area (Å²) in [4.78, 5) is 15.1. The number of carbonyl (C=O) groups excluding carboxylic acids is 1. The lowest BCUT2D eigenvalue weighted by Gasteiger charge is -2.44. The number of amides is 1. The van der Waals surface area contributed by atoms with Gasteiger partial charge in [0.2, 0.25) is 0 Å². The van der Waals surface area contributed by atoms with Gasteiger partial charge in [0.1, 0.15) is 22.8 Å². The largest absolute Gasteiger partial charge is 0.483 e. The highest BCUT2D eigenvalue weighted by atomic mass is 32.1. The van der Waals surface area contributed by atoms with Crippen LogP contribution in [0, 0.1) is 0 Å². The molecule has 2 aromatic carbocycles. The Balaban J connectivity index is 1.59. The third-order valence-corrected chi connectivity index (χ3v) is 7.00. The first-order valence-corrected chi connectivity index (χ1v) is 10.6. The van der Waals surface area contributed by atoms with Crippen molar-refractivity contribution in [3.05, 3.63) is 54.1 Å². The minimum absolute atomic E-state index is 0.0843. The average Bonchev–Trinajstić information content (AvgIpc) is 3.16. The van der Waals surface area contributed by atoms with E-state index in [1.807, 2.05) is 48.5 Å². The molecule has 156 valence electrons. The summed E-state index contributed by atoms with van der Waals surface area (Å²) in [6, 6.07) is 15.3. The Morgan fingerprint density at radius 3 is 2.50 bits per heavy atom. The minimum Gasteiger partial charge on any atom is -0.483 e. The smallest absolute Gasteiger partial charge is 0.263 e. The van der Waals surface area contributed by atoms with E-state index in [1.54, 1.807) is 14.2 Å². The Morgan fingerprint density at radius 1 is 1.13 bits per heavy atom. The first-order chi connectivity index (χ1) is 14.5. The van der Waals surface area contributed by atoms with Crippen molar-refractivity contribution in [2.75, 3.05) is 14.2 Å². The van der Waals surface area contributed by atoms with Gasteiger partial charge in [-0.25, -0.2) is 0 Å². The Hall–Kier alpha value is -2.64. The fourth-order valence-electron chi connectivity index (χ4n) is 5.01. The number of nitrogens with zero attached hydrogens (tertiary/aromatic N) is 1. The molecular weight excluding hydrogens is 400 g/mol. The number of hydrogen-bond acceptors (Lipinski definition) is 5. The Morgan fingerprint density at radius 2 is 1.87 bits per heavy atom. The minimum atomic E-state index is -1.05. The second-order valence-corrected chi connectivity index (χ2v) is 8.54. The van der Waals surface area contributed by atoms with Crippen molar-refractivity contribution in [3.63, 3.8) is 0 Å². The van der Waals surface area contributed by atoms with Crippen molar-refractivity contribution < 1.29 is 19.0 Å². The third kappa shape index (κ3) is 2.65. The SMILES string of the molecule is COC1CCC2(CC1)Oc1ccc(Oc3ccccc3)cc1C21NC(=S)N(C)C1=O. The van der Waals surface area contributed by atoms with Crippen LogP contribution in [0.2, 0.25) is 0 Å². The van der Waals surface area contributed by atoms with Gasteiger partial charge in [0, 0.05) is 19.7 Å². The first kappa shape index (κ1) is 19.3. The summed E-state index contributed by atoms with van der Waals surface area (Å²) in [7, 11) is 3.45. The van der Waals surface area contributed by atoms with Crippen LogP contribution in [0.5, 0.6) is 17.2 Å². The second-order valence-electron chi connectivity index (χ2n) is 8.15. The number of para-hydroxylation sites is 1. The molecule has 1 unspecified atom stereocenters. The van der Waals surface area contributed by atoms with Gasteiger partial charge in [-0.15, -0.1) is 0 Å². The molecule has 2 aromatic rings. The normalized spacial score (nSPS) is 29.8. The molecule has 0 radical (unpaired) electrons. The number of carbonyl (C=O) groups is 1. The van der Waals surface area contributed by atoms with Gasteiger partial charge in [-0.3, -0.25) is 9.69 Å². The van der Waals surface area contributed by atoms with Crippen LogP contribution in [0.25, 0.3) is 0 Å². The lowest BCUT2D eigenvalue weighted by atomic mass is 9.68. The molecule has 1 aliphatic carbocycles. The van der Waals surface area contributed by atoms with Gasteiger partial charge in [0.05, 0.1) is 6.10 Å². The lowest BCUT2D eigenvalue weighted by molar-refractivity contribution is -0.141. The number of likely N-dealkylation sites (N-methyl/N-ethyl adjacent to an activating group) is 1. The van der Waals surface area contributed by atoms with Crippen molar-refractivity contribution >= 4 is 23.2 Å². The highest BCUT2D eigenvalue weighted by molar-refractivity contribution is 7.80. The van der Waals surface area contributed by atoms with Crippen molar-refractivity contribution in [1.29, 1.82) is 0 Å². The predicted molar refractivity (Wildman–Crippen MR) is 116 cm³/mol. The molecule has 5 rings (SSSR count). The van der Waals surface area contributed by atoms with Crippen molar-refractivity contribution in [2.24, 2.45) is 0 Å². The quantitative estimate of drug-likeness (QED) is 0.758. The number of nitrogens with one attached hydrogen (secondary N) is 1. The van der Waals surface area contributed by atoms with E-state index in [0.717, 1.165) is 24.2 Å².